The van der Waals surface area contributed by atoms with Crippen LogP contribution >= 0.6 is 0 Å². The summed E-state index contributed by atoms with van der Waals surface area (Å²) in [6.45, 7) is 11.4. The predicted octanol–water partition coefficient (Wildman–Crippen LogP) is -1.82. The molecule has 15 rings (SSSR count). The first-order chi connectivity index (χ1) is 51.2. The van der Waals surface area contributed by atoms with E-state index in [1.165, 1.54) is 73.7 Å². The van der Waals surface area contributed by atoms with E-state index in [2.05, 4.69) is 66.8 Å². The fourth-order valence-electron chi connectivity index (χ4n) is 16.7. The topological polar surface area (TPSA) is 389 Å². The van der Waals surface area contributed by atoms with E-state index in [0.717, 1.165) is 110 Å². The second kappa shape index (κ2) is 37.5. The van der Waals surface area contributed by atoms with Crippen molar-refractivity contribution in [1.82, 2.24) is 103 Å². The molecule has 15 aliphatic rings. The van der Waals surface area contributed by atoms with Crippen LogP contribution in [0.1, 0.15) is 109 Å². The number of amides is 15. The molecule has 7 N–H and O–H groups in total. The zero-order valence-corrected chi connectivity index (χ0v) is 62.5. The van der Waals surface area contributed by atoms with E-state index in [9.17, 15) is 47.9 Å². The molecule has 15 saturated heterocycles. The summed E-state index contributed by atoms with van der Waals surface area (Å²) < 4.78 is 0. The van der Waals surface area contributed by atoms with Crippen LogP contribution in [0.2, 0.25) is 0 Å². The molecule has 0 radical (unpaired) electrons. The molecule has 10 bridgehead atoms. The minimum atomic E-state index is -0.469. The number of piperidine rings is 6. The SMILES string of the molecule is CON1C(=O)N2C[C@H]1CC[C@H]2C(=O)NOCC1CN(C)C1.CON1C(=O)N2C[C@H]1CC[C@H]2C(=O)NOC[C@@H]1CCCCN1C.CON1C(=O)N2C[C@H]1CC[C@H]2C(=O)NOC[C@@H]1CCN1.CON1C(=O)N2C[C@H]1CC[C@H]2C(=O)NOC[C@H]1CCCN1C.CON1C(=O)N2C[C@H]1CC[C@H]2C(=O)NO[C@H]1CCNC1. The number of hydrogen-bond donors (Lipinski definition) is 7. The van der Waals surface area contributed by atoms with Crippen LogP contribution in [0.25, 0.3) is 0 Å². The van der Waals surface area contributed by atoms with Crippen LogP contribution < -0.4 is 38.0 Å². The number of nitrogens with zero attached hydrogens (tertiary/aromatic N) is 13. The van der Waals surface area contributed by atoms with Gasteiger partial charge in [-0.15, -0.1) is 0 Å². The largest absolute Gasteiger partial charge is 0.345 e. The lowest BCUT2D eigenvalue weighted by Gasteiger charge is -2.35. The summed E-state index contributed by atoms with van der Waals surface area (Å²) in [5.41, 5.74) is 12.5. The number of urea groups is 5. The number of hydrogen-bond acceptors (Lipinski definition) is 25. The van der Waals surface area contributed by atoms with Crippen LogP contribution in [0, 0.1) is 5.92 Å². The molecule has 106 heavy (non-hydrogen) atoms. The number of carbonyl (C=O) groups is 10. The Morgan fingerprint density at radius 3 is 1.01 bits per heavy atom. The van der Waals surface area contributed by atoms with Crippen molar-refractivity contribution in [2.24, 2.45) is 5.92 Å². The van der Waals surface area contributed by atoms with Crippen LogP contribution in [0.5, 0.6) is 0 Å². The lowest BCUT2D eigenvalue weighted by Crippen LogP contribution is -2.51. The van der Waals surface area contributed by atoms with Crippen molar-refractivity contribution in [1.29, 1.82) is 0 Å². The highest BCUT2D eigenvalue weighted by atomic mass is 16.7. The Kier molecular flexibility index (Phi) is 28.3. The second-order valence-electron chi connectivity index (χ2n) is 29.7. The normalized spacial score (nSPS) is 31.6. The van der Waals surface area contributed by atoms with Crippen LogP contribution in [0.3, 0.4) is 0 Å². The summed E-state index contributed by atoms with van der Waals surface area (Å²) in [6.07, 6.45) is 14.7. The highest BCUT2D eigenvalue weighted by Crippen LogP contribution is 2.35. The molecule has 0 aliphatic carbocycles. The number of likely N-dealkylation sites (N-methyl/N-ethyl adjacent to an activating group) is 2. The fourth-order valence-corrected chi connectivity index (χ4v) is 16.7. The van der Waals surface area contributed by atoms with Gasteiger partial charge in [0.25, 0.3) is 29.5 Å². The molecule has 596 valence electrons. The summed E-state index contributed by atoms with van der Waals surface area (Å²) in [5, 5.41) is 13.1. The number of rotatable bonds is 24. The molecule has 0 aromatic heterocycles. The van der Waals surface area contributed by atoms with Gasteiger partial charge < -0.3 is 49.8 Å². The van der Waals surface area contributed by atoms with Gasteiger partial charge in [-0.2, -0.15) is 25.3 Å². The maximum absolute atomic E-state index is 12.3. The molecule has 0 saturated carbocycles. The van der Waals surface area contributed by atoms with Crippen molar-refractivity contribution in [3.05, 3.63) is 0 Å². The van der Waals surface area contributed by atoms with Gasteiger partial charge in [0.1, 0.15) is 30.2 Å². The number of fused-ring (bicyclic) bond motifs is 10. The number of nitrogens with one attached hydrogen (secondary N) is 7. The van der Waals surface area contributed by atoms with Crippen LogP contribution in [0.15, 0.2) is 0 Å². The summed E-state index contributed by atoms with van der Waals surface area (Å²) in [7, 11) is 13.6. The summed E-state index contributed by atoms with van der Waals surface area (Å²) in [4.78, 5) is 188. The smallest absolute Gasteiger partial charge is 0.314 e. The zero-order chi connectivity index (χ0) is 75.3. The van der Waals surface area contributed by atoms with E-state index < -0.39 is 30.2 Å². The fraction of sp³-hybridized carbons (Fsp3) is 0.848. The number of likely N-dealkylation sites (tertiary alicyclic amines) is 3. The van der Waals surface area contributed by atoms with Crippen molar-refractivity contribution < 1.29 is 96.3 Å². The maximum Gasteiger partial charge on any atom is 0.345 e. The van der Waals surface area contributed by atoms with E-state index in [0.29, 0.717) is 115 Å². The molecule has 15 fully saturated rings. The minimum absolute atomic E-state index is 0.0139. The molecule has 40 heteroatoms. The molecule has 0 aromatic rings. The Labute approximate surface area is 617 Å². The Morgan fingerprint density at radius 2 is 0.708 bits per heavy atom. The first-order valence-corrected chi connectivity index (χ1v) is 37.6. The Bertz CT molecular complexity index is 3030. The average Bonchev–Trinajstić information content (AvgIpc) is 1.66. The van der Waals surface area contributed by atoms with Gasteiger partial charge in [0, 0.05) is 76.4 Å². The number of hydroxylamine groups is 15. The van der Waals surface area contributed by atoms with Crippen LogP contribution in [-0.4, -0.2) is 371 Å². The van der Waals surface area contributed by atoms with Gasteiger partial charge in [0.05, 0.1) is 98.3 Å². The van der Waals surface area contributed by atoms with E-state index in [1.54, 1.807) is 24.5 Å². The first kappa shape index (κ1) is 80.1. The summed E-state index contributed by atoms with van der Waals surface area (Å²) in [5.74, 6) is -0.759. The second-order valence-corrected chi connectivity index (χ2v) is 29.7. The third kappa shape index (κ3) is 18.7. The van der Waals surface area contributed by atoms with Crippen molar-refractivity contribution in [2.75, 3.05) is 162 Å². The van der Waals surface area contributed by atoms with Gasteiger partial charge in [-0.1, -0.05) is 6.42 Å². The Balaban J connectivity index is 0.000000132. The minimum Gasteiger partial charge on any atom is -0.314 e. The molecule has 0 aromatic carbocycles. The zero-order valence-electron chi connectivity index (χ0n) is 62.5. The quantitative estimate of drug-likeness (QED) is 0.0524. The van der Waals surface area contributed by atoms with E-state index in [-0.39, 0.29) is 96.0 Å². The maximum atomic E-state index is 12.3. The van der Waals surface area contributed by atoms with Crippen LogP contribution in [-0.2, 0) is 72.3 Å². The molecule has 15 aliphatic heterocycles. The molecule has 0 unspecified atom stereocenters. The average molecular weight is 1510 g/mol. The monoisotopic (exact) mass is 1500 g/mol. The molecule has 0 spiro atoms. The predicted molar refractivity (Wildman–Crippen MR) is 369 cm³/mol. The summed E-state index contributed by atoms with van der Waals surface area (Å²) >= 11 is 0. The molecule has 14 atom stereocenters. The van der Waals surface area contributed by atoms with Gasteiger partial charge in [-0.3, -0.25) is 72.3 Å². The lowest BCUT2D eigenvalue weighted by atomic mass is 10.0. The van der Waals surface area contributed by atoms with Gasteiger partial charge in [-0.25, -0.2) is 51.4 Å². The van der Waals surface area contributed by atoms with Crippen molar-refractivity contribution >= 4 is 59.7 Å². The van der Waals surface area contributed by atoms with Gasteiger partial charge in [0.2, 0.25) is 0 Å². The Hall–Kier alpha value is -6.90. The van der Waals surface area contributed by atoms with Gasteiger partial charge in [-0.05, 0) is 150 Å². The molecular formula is C66H112N20O20. The lowest BCUT2D eigenvalue weighted by molar-refractivity contribution is -0.143. The molecule has 15 amide bonds. The van der Waals surface area contributed by atoms with Crippen LogP contribution in [0.4, 0.5) is 24.0 Å². The molecule has 40 nitrogen and oxygen atoms in total. The van der Waals surface area contributed by atoms with Crippen molar-refractivity contribution in [3.8, 4) is 0 Å². The standard InChI is InChI=1S/C15H26N4O4.C14H24N4O4.C13H22N4O4.2C12H20N4O4/c1-17-8-4-3-5-12(17)10-23-16-14(20)13-7-6-11-9-18(13)15(21)19(11)22-2;1-16-7-3-4-11(16)9-22-15-13(19)12-6-5-10-8-17(12)14(20)18(10)21-2;1-15-5-9(6-15)8-21-14-12(18)11-4-3-10-7-16(11)13(19)17(10)20-2;1-19-16-9-2-3-10(15(6-9)12(16)18)11(17)14-20-7-8-4-5-13-8;1-19-16-8-2-3-10(15(7-8)12(16)18)11(17)14-20-9-4-5-13-6-9/h11-13H,3-10H2,1-2H3,(H,16,20);10-12H,3-9H2,1-2H3,(H,15,19);9-11H,3-8H2,1-2H3,(H,14,18);2*8-10,13H,2-7H2,1H3,(H,14,17)/t11-,12+,13+;10-,11-,12+;10-,11+;8-,9+,10-;8-,9+,10+/m11101/s1. The van der Waals surface area contributed by atoms with E-state index in [1.807, 2.05) is 7.05 Å². The first-order valence-electron chi connectivity index (χ1n) is 37.6. The Morgan fingerprint density at radius 1 is 0.377 bits per heavy atom. The third-order valence-electron chi connectivity index (χ3n) is 23.0. The number of carbonyl (C=O) groups excluding carboxylic acids is 10. The van der Waals surface area contributed by atoms with E-state index >= 15 is 0 Å². The van der Waals surface area contributed by atoms with Crippen molar-refractivity contribution in [2.45, 2.75) is 194 Å². The highest BCUT2D eigenvalue weighted by Gasteiger charge is 2.53. The van der Waals surface area contributed by atoms with Crippen molar-refractivity contribution in [3.63, 3.8) is 0 Å². The van der Waals surface area contributed by atoms with Gasteiger partial charge in [0.15, 0.2) is 0 Å². The third-order valence-corrected chi connectivity index (χ3v) is 23.0. The highest BCUT2D eigenvalue weighted by molar-refractivity contribution is 5.91. The molecular weight excluding hydrogens is 1390 g/mol. The van der Waals surface area contributed by atoms with E-state index in [4.69, 9.17) is 48.4 Å². The van der Waals surface area contributed by atoms with Gasteiger partial charge >= 0.3 is 30.2 Å². The molecule has 15 heterocycles. The summed E-state index contributed by atoms with van der Waals surface area (Å²) in [6, 6.07) is -2.23.